The molecule has 1 N–H and O–H groups in total. The van der Waals surface area contributed by atoms with E-state index in [0.717, 1.165) is 13.0 Å². The Kier molecular flexibility index (Phi) is 5.17. The predicted octanol–water partition coefficient (Wildman–Crippen LogP) is 2.86. The largest absolute Gasteiger partial charge is 0.304 e. The fourth-order valence-electron chi connectivity index (χ4n) is 1.05. The molecular weight excluding hydrogens is 239 g/mol. The summed E-state index contributed by atoms with van der Waals surface area (Å²) in [4.78, 5) is 5.22. The number of alkyl halides is 2. The third kappa shape index (κ3) is 3.09. The minimum absolute atomic E-state index is 0.146. The molecule has 2 nitrogen and oxygen atoms in total. The van der Waals surface area contributed by atoms with Crippen molar-refractivity contribution in [2.45, 2.75) is 25.4 Å². The number of nitrogens with zero attached hydrogens (tertiary/aromatic N) is 1. The summed E-state index contributed by atoms with van der Waals surface area (Å²) in [6, 6.07) is 0. The Morgan fingerprint density at radius 1 is 1.50 bits per heavy atom. The molecule has 80 valence electrons. The van der Waals surface area contributed by atoms with E-state index in [1.807, 2.05) is 11.7 Å². The van der Waals surface area contributed by atoms with Gasteiger partial charge in [-0.1, -0.05) is 6.92 Å². The van der Waals surface area contributed by atoms with Gasteiger partial charge in [0.15, 0.2) is 0 Å². The number of rotatable bonds is 6. The van der Waals surface area contributed by atoms with E-state index in [1.165, 1.54) is 4.88 Å². The van der Waals surface area contributed by atoms with Gasteiger partial charge in [0, 0.05) is 34.9 Å². The molecule has 5 heteroatoms. The van der Waals surface area contributed by atoms with Crippen LogP contribution >= 0.6 is 34.5 Å². The van der Waals surface area contributed by atoms with Crippen LogP contribution in [0.25, 0.3) is 0 Å². The summed E-state index contributed by atoms with van der Waals surface area (Å²) in [6.07, 6.45) is 2.79. The normalized spacial score (nSPS) is 11.9. The lowest BCUT2D eigenvalue weighted by Crippen LogP contribution is -2.47. The molecule has 0 saturated carbocycles. The highest BCUT2D eigenvalue weighted by Gasteiger charge is 2.25. The zero-order valence-corrected chi connectivity index (χ0v) is 10.4. The van der Waals surface area contributed by atoms with Gasteiger partial charge in [0.1, 0.15) is 0 Å². The van der Waals surface area contributed by atoms with Gasteiger partial charge in [-0.25, -0.2) is 0 Å². The van der Waals surface area contributed by atoms with Crippen molar-refractivity contribution in [3.05, 3.63) is 16.6 Å². The number of hydrogen-bond donors (Lipinski definition) is 1. The first-order valence-corrected chi connectivity index (χ1v) is 6.45. The molecule has 1 heterocycles. The molecule has 0 aliphatic heterocycles. The smallest absolute Gasteiger partial charge is 0.0794 e. The summed E-state index contributed by atoms with van der Waals surface area (Å²) < 4.78 is 0. The van der Waals surface area contributed by atoms with Crippen LogP contribution in [0.1, 0.15) is 18.2 Å². The van der Waals surface area contributed by atoms with E-state index in [4.69, 9.17) is 23.2 Å². The standard InChI is InChI=1S/C9H14Cl2N2S/c1-2-9(5-10,6-11)13-4-8-3-12-7-14-8/h3,7,13H,2,4-6H2,1H3. The van der Waals surface area contributed by atoms with E-state index in [0.29, 0.717) is 11.8 Å². The summed E-state index contributed by atoms with van der Waals surface area (Å²) in [6.45, 7) is 2.88. The lowest BCUT2D eigenvalue weighted by molar-refractivity contribution is 0.386. The molecule has 0 bridgehead atoms. The summed E-state index contributed by atoms with van der Waals surface area (Å²) in [5, 5.41) is 3.39. The fraction of sp³-hybridized carbons (Fsp3) is 0.667. The van der Waals surface area contributed by atoms with E-state index in [1.54, 1.807) is 11.3 Å². The lowest BCUT2D eigenvalue weighted by atomic mass is 10.0. The molecule has 0 atom stereocenters. The average Bonchev–Trinajstić information content (AvgIpc) is 2.74. The molecule has 0 unspecified atom stereocenters. The second-order valence-electron chi connectivity index (χ2n) is 3.22. The lowest BCUT2D eigenvalue weighted by Gasteiger charge is -2.29. The predicted molar refractivity (Wildman–Crippen MR) is 63.4 cm³/mol. The Morgan fingerprint density at radius 2 is 2.21 bits per heavy atom. The molecule has 0 spiro atoms. The molecule has 1 aromatic rings. The number of thiazole rings is 1. The van der Waals surface area contributed by atoms with Gasteiger partial charge in [-0.3, -0.25) is 4.98 Å². The molecular formula is C9H14Cl2N2S. The Bertz CT molecular complexity index is 239. The summed E-state index contributed by atoms with van der Waals surface area (Å²) in [5.41, 5.74) is 1.68. The van der Waals surface area contributed by atoms with E-state index in [2.05, 4.69) is 17.2 Å². The van der Waals surface area contributed by atoms with Crippen molar-refractivity contribution in [1.82, 2.24) is 10.3 Å². The first-order chi connectivity index (χ1) is 6.76. The van der Waals surface area contributed by atoms with Crippen LogP contribution in [0, 0.1) is 0 Å². The van der Waals surface area contributed by atoms with E-state index in [-0.39, 0.29) is 5.54 Å². The molecule has 0 amide bonds. The molecule has 0 radical (unpaired) electrons. The first kappa shape index (κ1) is 12.2. The van der Waals surface area contributed by atoms with Crippen molar-refractivity contribution in [2.75, 3.05) is 11.8 Å². The summed E-state index contributed by atoms with van der Waals surface area (Å²) in [5.74, 6) is 1.07. The Balaban J connectivity index is 2.48. The second kappa shape index (κ2) is 5.91. The molecule has 14 heavy (non-hydrogen) atoms. The number of hydrogen-bond acceptors (Lipinski definition) is 3. The van der Waals surface area contributed by atoms with E-state index in [9.17, 15) is 0 Å². The van der Waals surface area contributed by atoms with Crippen LogP contribution in [-0.2, 0) is 6.54 Å². The number of nitrogens with one attached hydrogen (secondary N) is 1. The van der Waals surface area contributed by atoms with Crippen molar-refractivity contribution in [1.29, 1.82) is 0 Å². The molecule has 0 aliphatic carbocycles. The van der Waals surface area contributed by atoms with Crippen LogP contribution in [0.3, 0.4) is 0 Å². The quantitative estimate of drug-likeness (QED) is 0.788. The minimum Gasteiger partial charge on any atom is -0.304 e. The van der Waals surface area contributed by atoms with Crippen molar-refractivity contribution >= 4 is 34.5 Å². The van der Waals surface area contributed by atoms with Crippen LogP contribution in [-0.4, -0.2) is 22.3 Å². The van der Waals surface area contributed by atoms with Crippen LogP contribution in [0.5, 0.6) is 0 Å². The van der Waals surface area contributed by atoms with Crippen molar-refractivity contribution in [3.63, 3.8) is 0 Å². The van der Waals surface area contributed by atoms with Gasteiger partial charge in [0.2, 0.25) is 0 Å². The van der Waals surface area contributed by atoms with Gasteiger partial charge in [-0.15, -0.1) is 34.5 Å². The molecule has 0 saturated heterocycles. The SMILES string of the molecule is CCC(CCl)(CCl)NCc1cncs1. The van der Waals surface area contributed by atoms with E-state index < -0.39 is 0 Å². The zero-order chi connectivity index (χ0) is 10.4. The maximum atomic E-state index is 5.91. The monoisotopic (exact) mass is 252 g/mol. The van der Waals surface area contributed by atoms with Crippen molar-refractivity contribution in [2.24, 2.45) is 0 Å². The molecule has 0 aromatic carbocycles. The van der Waals surface area contributed by atoms with Crippen molar-refractivity contribution < 1.29 is 0 Å². The maximum Gasteiger partial charge on any atom is 0.0794 e. The minimum atomic E-state index is -0.146. The van der Waals surface area contributed by atoms with Crippen molar-refractivity contribution in [3.8, 4) is 0 Å². The number of halogens is 2. The van der Waals surface area contributed by atoms with Gasteiger partial charge in [-0.2, -0.15) is 0 Å². The summed E-state index contributed by atoms with van der Waals surface area (Å²) >= 11 is 13.4. The Hall–Kier alpha value is 0.170. The van der Waals surface area contributed by atoms with Gasteiger partial charge in [-0.05, 0) is 6.42 Å². The molecule has 0 aliphatic rings. The Labute approximate surface area is 98.6 Å². The first-order valence-electron chi connectivity index (χ1n) is 4.50. The Morgan fingerprint density at radius 3 is 2.64 bits per heavy atom. The topological polar surface area (TPSA) is 24.9 Å². The third-order valence-corrected chi connectivity index (χ3v) is 4.11. The van der Waals surface area contributed by atoms with Gasteiger partial charge < -0.3 is 5.32 Å². The highest BCUT2D eigenvalue weighted by molar-refractivity contribution is 7.09. The molecule has 0 fully saturated rings. The van der Waals surface area contributed by atoms with Crippen LogP contribution < -0.4 is 5.32 Å². The zero-order valence-electron chi connectivity index (χ0n) is 8.09. The molecule has 1 rings (SSSR count). The number of aromatic nitrogens is 1. The average molecular weight is 253 g/mol. The maximum absolute atomic E-state index is 5.91. The summed E-state index contributed by atoms with van der Waals surface area (Å²) in [7, 11) is 0. The highest BCUT2D eigenvalue weighted by atomic mass is 35.5. The van der Waals surface area contributed by atoms with Gasteiger partial charge in [0.05, 0.1) is 5.51 Å². The van der Waals surface area contributed by atoms with Crippen LogP contribution in [0.2, 0.25) is 0 Å². The van der Waals surface area contributed by atoms with Crippen LogP contribution in [0.4, 0.5) is 0 Å². The van der Waals surface area contributed by atoms with Crippen LogP contribution in [0.15, 0.2) is 11.7 Å². The van der Waals surface area contributed by atoms with E-state index >= 15 is 0 Å². The highest BCUT2D eigenvalue weighted by Crippen LogP contribution is 2.16. The third-order valence-electron chi connectivity index (χ3n) is 2.31. The second-order valence-corrected chi connectivity index (χ2v) is 4.73. The fourth-order valence-corrected chi connectivity index (χ4v) is 2.44. The molecule has 1 aromatic heterocycles. The van der Waals surface area contributed by atoms with Gasteiger partial charge in [0.25, 0.3) is 0 Å². The van der Waals surface area contributed by atoms with Gasteiger partial charge >= 0.3 is 0 Å².